The van der Waals surface area contributed by atoms with Crippen LogP contribution in [-0.4, -0.2) is 27.9 Å². The Bertz CT molecular complexity index is 396. The number of aliphatic carboxylic acids is 2. The van der Waals surface area contributed by atoms with Crippen molar-refractivity contribution in [2.24, 2.45) is 0 Å². The Labute approximate surface area is 85.0 Å². The summed E-state index contributed by atoms with van der Waals surface area (Å²) in [6, 6.07) is 7.54. The molecule has 0 heterocycles. The molecule has 0 saturated heterocycles. The van der Waals surface area contributed by atoms with Gasteiger partial charge in [-0.3, -0.25) is 9.59 Å². The fourth-order valence-corrected chi connectivity index (χ4v) is 1.18. The Morgan fingerprint density at radius 3 is 1.93 bits per heavy atom. The maximum Gasteiger partial charge on any atom is 0.373 e. The summed E-state index contributed by atoms with van der Waals surface area (Å²) in [6.45, 7) is 0. The number of carbonyl (C=O) groups is 3. The van der Waals surface area contributed by atoms with Gasteiger partial charge in [0.05, 0.1) is 0 Å². The first kappa shape index (κ1) is 10.9. The first-order valence-electron chi connectivity index (χ1n) is 4.09. The number of benzene rings is 1. The molecule has 1 rings (SSSR count). The lowest BCUT2D eigenvalue weighted by Gasteiger charge is -2.07. The predicted molar refractivity (Wildman–Crippen MR) is 49.5 cm³/mol. The van der Waals surface area contributed by atoms with E-state index in [9.17, 15) is 14.4 Å². The summed E-state index contributed by atoms with van der Waals surface area (Å²) in [6.07, 6.45) is 0. The first-order valence-corrected chi connectivity index (χ1v) is 4.09. The number of hydrogen-bond donors (Lipinski definition) is 2. The van der Waals surface area contributed by atoms with Crippen LogP contribution >= 0.6 is 0 Å². The van der Waals surface area contributed by atoms with Gasteiger partial charge in [0, 0.05) is 0 Å². The Morgan fingerprint density at radius 1 is 1.00 bits per heavy atom. The van der Waals surface area contributed by atoms with Crippen molar-refractivity contribution in [2.45, 2.75) is 5.92 Å². The van der Waals surface area contributed by atoms with E-state index in [-0.39, 0.29) is 5.56 Å². The molecule has 0 aliphatic heterocycles. The molecule has 0 spiro atoms. The van der Waals surface area contributed by atoms with E-state index in [0.29, 0.717) is 0 Å². The molecule has 78 valence electrons. The fraction of sp³-hybridized carbons (Fsp3) is 0.100. The Balaban J connectivity index is 3.10. The zero-order chi connectivity index (χ0) is 11.4. The quantitative estimate of drug-likeness (QED) is 0.555. The molecule has 5 heteroatoms. The number of Topliss-reactive ketones (excluding diaryl/α,β-unsaturated/α-hetero) is 1. The fourth-order valence-electron chi connectivity index (χ4n) is 1.18. The smallest absolute Gasteiger partial charge is 0.373 e. The molecule has 0 amide bonds. The normalized spacial score (nSPS) is 11.7. The van der Waals surface area contributed by atoms with E-state index in [2.05, 4.69) is 0 Å². The molecule has 0 radical (unpaired) electrons. The van der Waals surface area contributed by atoms with Gasteiger partial charge in [-0.15, -0.1) is 0 Å². The van der Waals surface area contributed by atoms with Crippen LogP contribution in [0.15, 0.2) is 30.3 Å². The third-order valence-corrected chi connectivity index (χ3v) is 1.85. The number of carboxylic acids is 2. The van der Waals surface area contributed by atoms with Crippen LogP contribution in [0.3, 0.4) is 0 Å². The van der Waals surface area contributed by atoms with Gasteiger partial charge in [-0.2, -0.15) is 0 Å². The van der Waals surface area contributed by atoms with E-state index >= 15 is 0 Å². The van der Waals surface area contributed by atoms with Crippen LogP contribution in [0.4, 0.5) is 0 Å². The highest BCUT2D eigenvalue weighted by Gasteiger charge is 2.32. The maximum atomic E-state index is 11.1. The van der Waals surface area contributed by atoms with Crippen molar-refractivity contribution in [1.82, 2.24) is 0 Å². The van der Waals surface area contributed by atoms with Crippen molar-refractivity contribution in [3.63, 3.8) is 0 Å². The van der Waals surface area contributed by atoms with Crippen molar-refractivity contribution >= 4 is 17.7 Å². The molecular weight excluding hydrogens is 200 g/mol. The van der Waals surface area contributed by atoms with Gasteiger partial charge in [0.25, 0.3) is 5.78 Å². The average molecular weight is 208 g/mol. The lowest BCUT2D eigenvalue weighted by Crippen LogP contribution is -2.27. The van der Waals surface area contributed by atoms with Gasteiger partial charge >= 0.3 is 11.9 Å². The molecule has 2 N–H and O–H groups in total. The van der Waals surface area contributed by atoms with Gasteiger partial charge in [-0.1, -0.05) is 30.3 Å². The van der Waals surface area contributed by atoms with Crippen LogP contribution < -0.4 is 0 Å². The number of rotatable bonds is 4. The summed E-state index contributed by atoms with van der Waals surface area (Å²) >= 11 is 0. The third kappa shape index (κ3) is 2.40. The minimum atomic E-state index is -1.74. The van der Waals surface area contributed by atoms with Crippen LogP contribution in [0.2, 0.25) is 0 Å². The topological polar surface area (TPSA) is 91.7 Å². The largest absolute Gasteiger partial charge is 0.480 e. The molecule has 0 fully saturated rings. The molecule has 5 nitrogen and oxygen atoms in total. The molecule has 0 aliphatic rings. The van der Waals surface area contributed by atoms with Crippen molar-refractivity contribution in [2.75, 3.05) is 0 Å². The highest BCUT2D eigenvalue weighted by atomic mass is 16.4. The lowest BCUT2D eigenvalue weighted by molar-refractivity contribution is -0.154. The van der Waals surface area contributed by atoms with Crippen LogP contribution in [0.25, 0.3) is 0 Å². The number of hydrogen-bond acceptors (Lipinski definition) is 3. The third-order valence-electron chi connectivity index (χ3n) is 1.85. The molecule has 1 unspecified atom stereocenters. The second-order valence-corrected chi connectivity index (χ2v) is 2.85. The van der Waals surface area contributed by atoms with Gasteiger partial charge in [-0.05, 0) is 5.56 Å². The maximum absolute atomic E-state index is 11.1. The van der Waals surface area contributed by atoms with Gasteiger partial charge in [0.1, 0.15) is 0 Å². The summed E-state index contributed by atoms with van der Waals surface area (Å²) in [4.78, 5) is 32.3. The summed E-state index contributed by atoms with van der Waals surface area (Å²) in [5.41, 5.74) is 0.164. The molecule has 0 aromatic heterocycles. The van der Waals surface area contributed by atoms with E-state index in [1.807, 2.05) is 0 Å². The lowest BCUT2D eigenvalue weighted by atomic mass is 9.95. The summed E-state index contributed by atoms with van der Waals surface area (Å²) in [7, 11) is 0. The highest BCUT2D eigenvalue weighted by Crippen LogP contribution is 2.16. The van der Waals surface area contributed by atoms with Crippen molar-refractivity contribution < 1.29 is 24.6 Å². The van der Waals surface area contributed by atoms with Crippen LogP contribution in [0.5, 0.6) is 0 Å². The van der Waals surface area contributed by atoms with Crippen LogP contribution in [-0.2, 0) is 14.4 Å². The minimum Gasteiger partial charge on any atom is -0.480 e. The van der Waals surface area contributed by atoms with Gasteiger partial charge < -0.3 is 10.2 Å². The second-order valence-electron chi connectivity index (χ2n) is 2.85. The number of carboxylic acid groups (broad SMARTS) is 2. The van der Waals surface area contributed by atoms with Crippen molar-refractivity contribution in [1.29, 1.82) is 0 Å². The Hall–Kier alpha value is -2.17. The van der Waals surface area contributed by atoms with E-state index in [1.54, 1.807) is 18.2 Å². The van der Waals surface area contributed by atoms with E-state index < -0.39 is 23.6 Å². The molecule has 1 aromatic carbocycles. The molecule has 0 saturated carbocycles. The first-order chi connectivity index (χ1) is 7.04. The monoisotopic (exact) mass is 208 g/mol. The molecule has 1 aromatic rings. The summed E-state index contributed by atoms with van der Waals surface area (Å²) in [5, 5.41) is 17.2. The summed E-state index contributed by atoms with van der Waals surface area (Å²) in [5.74, 6) is -6.18. The van der Waals surface area contributed by atoms with Crippen LogP contribution in [0, 0.1) is 0 Å². The SMILES string of the molecule is O=C(O)C(=O)C(C(=O)O)c1ccccc1. The standard InChI is InChI=1S/C10H8O5/c11-8(10(14)15)7(9(12)13)6-4-2-1-3-5-6/h1-5,7H,(H,12,13)(H,14,15). The summed E-state index contributed by atoms with van der Waals surface area (Å²) < 4.78 is 0. The van der Waals surface area contributed by atoms with E-state index in [4.69, 9.17) is 10.2 Å². The number of ketones is 1. The Kier molecular flexibility index (Phi) is 3.17. The minimum absolute atomic E-state index is 0.164. The molecule has 1 atom stereocenters. The second kappa shape index (κ2) is 4.36. The van der Waals surface area contributed by atoms with E-state index in [0.717, 1.165) is 0 Å². The predicted octanol–water partition coefficient (Wildman–Crippen LogP) is 0.508. The van der Waals surface area contributed by atoms with Crippen molar-refractivity contribution in [3.8, 4) is 0 Å². The van der Waals surface area contributed by atoms with Crippen molar-refractivity contribution in [3.05, 3.63) is 35.9 Å². The number of carbonyl (C=O) groups excluding carboxylic acids is 1. The molecule has 15 heavy (non-hydrogen) atoms. The molecular formula is C10H8O5. The molecule has 0 bridgehead atoms. The van der Waals surface area contributed by atoms with Gasteiger partial charge in [-0.25, -0.2) is 4.79 Å². The van der Waals surface area contributed by atoms with E-state index in [1.165, 1.54) is 12.1 Å². The molecule has 0 aliphatic carbocycles. The van der Waals surface area contributed by atoms with Gasteiger partial charge in [0.15, 0.2) is 5.92 Å². The highest BCUT2D eigenvalue weighted by molar-refractivity contribution is 6.39. The zero-order valence-corrected chi connectivity index (χ0v) is 7.58. The Morgan fingerprint density at radius 2 is 1.53 bits per heavy atom. The van der Waals surface area contributed by atoms with Crippen LogP contribution in [0.1, 0.15) is 11.5 Å². The average Bonchev–Trinajstić information content (AvgIpc) is 2.18. The van der Waals surface area contributed by atoms with Gasteiger partial charge in [0.2, 0.25) is 0 Å². The zero-order valence-electron chi connectivity index (χ0n) is 7.58.